The molecule has 2 aromatic heterocycles. The molecule has 8 nitrogen and oxygen atoms in total. The molecule has 0 spiro atoms. The van der Waals surface area contributed by atoms with Crippen LogP contribution in [0, 0.1) is 17.0 Å². The number of imidazole rings is 1. The number of rotatable bonds is 4. The first-order valence-corrected chi connectivity index (χ1v) is 7.50. The Hall–Kier alpha value is -3.50. The normalized spacial score (nSPS) is 11.4. The van der Waals surface area contributed by atoms with Crippen molar-refractivity contribution >= 4 is 5.82 Å². The third-order valence-corrected chi connectivity index (χ3v) is 3.66. The van der Waals surface area contributed by atoms with Crippen LogP contribution in [0.2, 0.25) is 0 Å². The summed E-state index contributed by atoms with van der Waals surface area (Å²) >= 11 is 0. The van der Waals surface area contributed by atoms with Gasteiger partial charge >= 0.3 is 12.0 Å². The highest BCUT2D eigenvalue weighted by Gasteiger charge is 2.34. The first-order chi connectivity index (χ1) is 12.7. The minimum Gasteiger partial charge on any atom is -0.497 e. The summed E-state index contributed by atoms with van der Waals surface area (Å²) in [5.41, 5.74) is -0.767. The van der Waals surface area contributed by atoms with Crippen LogP contribution in [-0.4, -0.2) is 31.6 Å². The number of alkyl halides is 3. The Bertz CT molecular complexity index is 1000. The van der Waals surface area contributed by atoms with Crippen LogP contribution in [0.15, 0.2) is 36.5 Å². The maximum Gasteiger partial charge on any atom is 0.433 e. The van der Waals surface area contributed by atoms with Crippen molar-refractivity contribution in [2.45, 2.75) is 13.1 Å². The molecule has 0 fully saturated rings. The molecule has 0 aliphatic rings. The van der Waals surface area contributed by atoms with Crippen molar-refractivity contribution in [1.82, 2.24) is 19.5 Å². The molecule has 2 heterocycles. The highest BCUT2D eigenvalue weighted by atomic mass is 19.4. The van der Waals surface area contributed by atoms with Crippen LogP contribution in [0.3, 0.4) is 0 Å². The van der Waals surface area contributed by atoms with Gasteiger partial charge in [0.25, 0.3) is 0 Å². The predicted molar refractivity (Wildman–Crippen MR) is 87.5 cm³/mol. The fraction of sp³-hybridized carbons (Fsp3) is 0.188. The number of aryl methyl sites for hydroxylation is 1. The van der Waals surface area contributed by atoms with Gasteiger partial charge in [0.05, 0.1) is 12.8 Å². The van der Waals surface area contributed by atoms with Gasteiger partial charge in [0, 0.05) is 12.5 Å². The van der Waals surface area contributed by atoms with Crippen LogP contribution in [0.25, 0.3) is 17.2 Å². The van der Waals surface area contributed by atoms with Gasteiger partial charge in [-0.25, -0.2) is 14.5 Å². The number of hydrogen-bond donors (Lipinski definition) is 0. The lowest BCUT2D eigenvalue weighted by atomic mass is 10.1. The quantitative estimate of drug-likeness (QED) is 0.508. The Labute approximate surface area is 150 Å². The zero-order valence-corrected chi connectivity index (χ0v) is 14.1. The van der Waals surface area contributed by atoms with Crippen LogP contribution < -0.4 is 4.74 Å². The van der Waals surface area contributed by atoms with Gasteiger partial charge in [0.2, 0.25) is 11.8 Å². The maximum atomic E-state index is 13.3. The van der Waals surface area contributed by atoms with Gasteiger partial charge in [-0.1, -0.05) is 0 Å². The number of nitro groups is 1. The van der Waals surface area contributed by atoms with Crippen molar-refractivity contribution in [3.8, 4) is 23.0 Å². The standard InChI is InChI=1S/C16H12F3N5O3/c1-9-20-14(24(25)26)8-23(9)15-21-12(7-13(22-15)16(17,18)19)10-3-5-11(27-2)6-4-10/h3-8H,1-2H3. The molecule has 0 unspecified atom stereocenters. The van der Waals surface area contributed by atoms with E-state index in [0.29, 0.717) is 11.3 Å². The van der Waals surface area contributed by atoms with Crippen LogP contribution in [0.5, 0.6) is 5.75 Å². The smallest absolute Gasteiger partial charge is 0.433 e. The van der Waals surface area contributed by atoms with E-state index < -0.39 is 22.6 Å². The van der Waals surface area contributed by atoms with Crippen molar-refractivity contribution in [2.24, 2.45) is 0 Å². The van der Waals surface area contributed by atoms with E-state index in [1.165, 1.54) is 14.0 Å². The summed E-state index contributed by atoms with van der Waals surface area (Å²) in [7, 11) is 1.47. The molecule has 3 rings (SSSR count). The van der Waals surface area contributed by atoms with Crippen LogP contribution in [0.4, 0.5) is 19.0 Å². The summed E-state index contributed by atoms with van der Waals surface area (Å²) < 4.78 is 45.9. The molecule has 0 N–H and O–H groups in total. The molecule has 0 radical (unpaired) electrons. The Morgan fingerprint density at radius 3 is 2.33 bits per heavy atom. The second-order valence-electron chi connectivity index (χ2n) is 5.44. The molecule has 140 valence electrons. The molecular formula is C16H12F3N5O3. The molecule has 0 atom stereocenters. The van der Waals surface area contributed by atoms with Gasteiger partial charge in [-0.05, 0) is 40.2 Å². The monoisotopic (exact) mass is 379 g/mol. The van der Waals surface area contributed by atoms with E-state index in [0.717, 1.165) is 16.8 Å². The summed E-state index contributed by atoms with van der Waals surface area (Å²) in [6, 6.07) is 7.07. The van der Waals surface area contributed by atoms with Gasteiger partial charge in [0.15, 0.2) is 5.69 Å². The zero-order valence-electron chi connectivity index (χ0n) is 14.1. The fourth-order valence-electron chi connectivity index (χ4n) is 2.34. The van der Waals surface area contributed by atoms with E-state index in [1.807, 2.05) is 0 Å². The SMILES string of the molecule is COc1ccc(-c2cc(C(F)(F)F)nc(-n3cc([N+](=O)[O-])nc3C)n2)cc1. The van der Waals surface area contributed by atoms with E-state index in [-0.39, 0.29) is 17.5 Å². The van der Waals surface area contributed by atoms with E-state index in [1.54, 1.807) is 24.3 Å². The van der Waals surface area contributed by atoms with Crippen LogP contribution in [-0.2, 0) is 6.18 Å². The Morgan fingerprint density at radius 2 is 1.81 bits per heavy atom. The third-order valence-electron chi connectivity index (χ3n) is 3.66. The van der Waals surface area contributed by atoms with Gasteiger partial charge in [-0.3, -0.25) is 0 Å². The third kappa shape index (κ3) is 3.71. The Balaban J connectivity index is 2.18. The average Bonchev–Trinajstić information content (AvgIpc) is 3.03. The highest BCUT2D eigenvalue weighted by molar-refractivity contribution is 5.61. The number of nitrogens with zero attached hydrogens (tertiary/aromatic N) is 5. The number of halogens is 3. The molecular weight excluding hydrogens is 367 g/mol. The van der Waals surface area contributed by atoms with Gasteiger partial charge < -0.3 is 14.9 Å². The minimum atomic E-state index is -4.72. The fourth-order valence-corrected chi connectivity index (χ4v) is 2.34. The lowest BCUT2D eigenvalue weighted by molar-refractivity contribution is -0.389. The summed E-state index contributed by atoms with van der Waals surface area (Å²) in [5.74, 6) is -0.264. The molecule has 0 bridgehead atoms. The van der Waals surface area contributed by atoms with Gasteiger partial charge in [-0.2, -0.15) is 13.2 Å². The van der Waals surface area contributed by atoms with E-state index in [2.05, 4.69) is 15.0 Å². The van der Waals surface area contributed by atoms with Crippen molar-refractivity contribution < 1.29 is 22.8 Å². The Kier molecular flexibility index (Phi) is 4.52. The molecule has 0 amide bonds. The number of aromatic nitrogens is 4. The molecule has 11 heteroatoms. The largest absolute Gasteiger partial charge is 0.497 e. The number of methoxy groups -OCH3 is 1. The van der Waals surface area contributed by atoms with Gasteiger partial charge in [-0.15, -0.1) is 0 Å². The van der Waals surface area contributed by atoms with Crippen LogP contribution in [0.1, 0.15) is 11.5 Å². The average molecular weight is 379 g/mol. The molecule has 0 saturated heterocycles. The number of ether oxygens (including phenoxy) is 1. The maximum absolute atomic E-state index is 13.3. The van der Waals surface area contributed by atoms with E-state index in [4.69, 9.17) is 4.74 Å². The highest BCUT2D eigenvalue weighted by Crippen LogP contribution is 2.31. The van der Waals surface area contributed by atoms with E-state index in [9.17, 15) is 23.3 Å². The topological polar surface area (TPSA) is 96.0 Å². The zero-order chi connectivity index (χ0) is 19.8. The first kappa shape index (κ1) is 18.3. The van der Waals surface area contributed by atoms with Crippen molar-refractivity contribution in [3.05, 3.63) is 58.2 Å². The Morgan fingerprint density at radius 1 is 1.15 bits per heavy atom. The number of hydrogen-bond acceptors (Lipinski definition) is 6. The van der Waals surface area contributed by atoms with Crippen molar-refractivity contribution in [1.29, 1.82) is 0 Å². The summed E-state index contributed by atoms with van der Waals surface area (Å²) in [6.45, 7) is 1.41. The van der Waals surface area contributed by atoms with E-state index >= 15 is 0 Å². The first-order valence-electron chi connectivity index (χ1n) is 7.50. The van der Waals surface area contributed by atoms with Crippen molar-refractivity contribution in [3.63, 3.8) is 0 Å². The molecule has 0 aliphatic heterocycles. The second kappa shape index (κ2) is 6.67. The molecule has 0 saturated carbocycles. The predicted octanol–water partition coefficient (Wildman–Crippen LogP) is 3.57. The lowest BCUT2D eigenvalue weighted by Crippen LogP contribution is -2.13. The minimum absolute atomic E-state index is 0.00531. The number of benzene rings is 1. The molecule has 0 aliphatic carbocycles. The molecule has 3 aromatic rings. The van der Waals surface area contributed by atoms with Gasteiger partial charge in [0.1, 0.15) is 11.9 Å². The summed E-state index contributed by atoms with van der Waals surface area (Å²) in [6.07, 6.45) is -3.75. The molecule has 27 heavy (non-hydrogen) atoms. The summed E-state index contributed by atoms with van der Waals surface area (Å²) in [4.78, 5) is 21.4. The van der Waals surface area contributed by atoms with Crippen molar-refractivity contribution in [2.75, 3.05) is 7.11 Å². The summed E-state index contributed by atoms with van der Waals surface area (Å²) in [5, 5.41) is 10.9. The molecule has 1 aromatic carbocycles. The van der Waals surface area contributed by atoms with Crippen LogP contribution >= 0.6 is 0 Å². The second-order valence-corrected chi connectivity index (χ2v) is 5.44. The lowest BCUT2D eigenvalue weighted by Gasteiger charge is -2.11.